The summed E-state index contributed by atoms with van der Waals surface area (Å²) in [6.07, 6.45) is 0. The molecule has 3 aromatic rings. The topological polar surface area (TPSA) is 77.2 Å². The van der Waals surface area contributed by atoms with Gasteiger partial charge in [0.05, 0.1) is 16.5 Å². The summed E-state index contributed by atoms with van der Waals surface area (Å²) in [5, 5.41) is 11.7. The van der Waals surface area contributed by atoms with Crippen LogP contribution in [0.4, 0.5) is 5.69 Å². The van der Waals surface area contributed by atoms with E-state index >= 15 is 0 Å². The Morgan fingerprint density at radius 3 is 2.61 bits per heavy atom. The number of hydrogen-bond acceptors (Lipinski definition) is 6. The van der Waals surface area contributed by atoms with Gasteiger partial charge in [-0.3, -0.25) is 4.79 Å². The third kappa shape index (κ3) is 5.89. The summed E-state index contributed by atoms with van der Waals surface area (Å²) in [5.41, 5.74) is 2.72. The van der Waals surface area contributed by atoms with Gasteiger partial charge in [0.25, 0.3) is 11.1 Å². The molecule has 0 aliphatic rings. The minimum absolute atomic E-state index is 0.0958. The summed E-state index contributed by atoms with van der Waals surface area (Å²) in [6.45, 7) is 4.16. The van der Waals surface area contributed by atoms with E-state index < -0.39 is 0 Å². The van der Waals surface area contributed by atoms with Crippen LogP contribution >= 0.6 is 35.0 Å². The number of carbonyl (C=O) groups is 1. The third-order valence-electron chi connectivity index (χ3n) is 3.54. The molecular formula is C19H17Cl2N3O3S. The van der Waals surface area contributed by atoms with E-state index in [0.717, 1.165) is 28.6 Å². The number of nitrogens with one attached hydrogen (secondary N) is 1. The molecule has 146 valence electrons. The van der Waals surface area contributed by atoms with Crippen molar-refractivity contribution in [2.24, 2.45) is 0 Å². The number of benzene rings is 2. The Hall–Kier alpha value is -2.22. The highest BCUT2D eigenvalue weighted by atomic mass is 35.5. The monoisotopic (exact) mass is 437 g/mol. The quantitative estimate of drug-likeness (QED) is 0.505. The van der Waals surface area contributed by atoms with E-state index in [0.29, 0.717) is 21.6 Å². The van der Waals surface area contributed by atoms with E-state index in [1.54, 1.807) is 18.2 Å². The zero-order chi connectivity index (χ0) is 20.1. The van der Waals surface area contributed by atoms with Gasteiger partial charge >= 0.3 is 0 Å². The number of rotatable bonds is 7. The van der Waals surface area contributed by atoms with Crippen LogP contribution in [0.5, 0.6) is 5.75 Å². The molecule has 6 nitrogen and oxygen atoms in total. The Balaban J connectivity index is 1.49. The summed E-state index contributed by atoms with van der Waals surface area (Å²) in [6, 6.07) is 10.8. The molecule has 1 N–H and O–H groups in total. The number of ether oxygens (including phenoxy) is 1. The van der Waals surface area contributed by atoms with Crippen LogP contribution in [-0.2, 0) is 11.4 Å². The molecule has 1 amide bonds. The lowest BCUT2D eigenvalue weighted by molar-refractivity contribution is -0.113. The summed E-state index contributed by atoms with van der Waals surface area (Å²) < 4.78 is 11.2. The maximum atomic E-state index is 12.1. The maximum absolute atomic E-state index is 12.1. The molecule has 0 saturated heterocycles. The van der Waals surface area contributed by atoms with Crippen LogP contribution in [0.2, 0.25) is 10.0 Å². The molecule has 0 aliphatic heterocycles. The number of nitrogens with zero attached hydrogens (tertiary/aromatic N) is 2. The standard InChI is InChI=1S/C19H17Cl2N3O3S/c1-11-5-12(2)7-14(6-11)26-9-18-23-24-19(27-18)28-10-17(25)22-16-4-3-13(20)8-15(16)21/h3-8H,9-10H2,1-2H3,(H,22,25). The SMILES string of the molecule is Cc1cc(C)cc(OCc2nnc(SCC(=O)Nc3ccc(Cl)cc3Cl)o2)c1. The Kier molecular flexibility index (Phi) is 6.83. The van der Waals surface area contributed by atoms with Crippen LogP contribution in [-0.4, -0.2) is 21.9 Å². The second kappa shape index (κ2) is 9.32. The van der Waals surface area contributed by atoms with E-state index in [-0.39, 0.29) is 23.5 Å². The predicted octanol–water partition coefficient (Wildman–Crippen LogP) is 5.30. The fourth-order valence-electron chi connectivity index (χ4n) is 2.42. The minimum atomic E-state index is -0.250. The van der Waals surface area contributed by atoms with Crippen molar-refractivity contribution in [3.63, 3.8) is 0 Å². The van der Waals surface area contributed by atoms with Crippen LogP contribution in [0.3, 0.4) is 0 Å². The molecule has 0 aliphatic carbocycles. The van der Waals surface area contributed by atoms with Crippen molar-refractivity contribution >= 4 is 46.6 Å². The van der Waals surface area contributed by atoms with E-state index in [2.05, 4.69) is 21.6 Å². The molecule has 0 saturated carbocycles. The first kappa shape index (κ1) is 20.5. The van der Waals surface area contributed by atoms with Gasteiger partial charge in [-0.05, 0) is 55.3 Å². The molecule has 0 spiro atoms. The van der Waals surface area contributed by atoms with Crippen LogP contribution in [0.15, 0.2) is 46.0 Å². The molecule has 0 atom stereocenters. The average Bonchev–Trinajstić information content (AvgIpc) is 3.08. The van der Waals surface area contributed by atoms with E-state index in [9.17, 15) is 4.79 Å². The fourth-order valence-corrected chi connectivity index (χ4v) is 3.46. The van der Waals surface area contributed by atoms with Gasteiger partial charge in [-0.1, -0.05) is 41.0 Å². The van der Waals surface area contributed by atoms with Gasteiger partial charge < -0.3 is 14.5 Å². The van der Waals surface area contributed by atoms with Crippen molar-refractivity contribution < 1.29 is 13.9 Å². The number of halogens is 2. The molecule has 1 aromatic heterocycles. The highest BCUT2D eigenvalue weighted by molar-refractivity contribution is 7.99. The molecule has 0 radical (unpaired) electrons. The number of anilines is 1. The Morgan fingerprint density at radius 2 is 1.89 bits per heavy atom. The lowest BCUT2D eigenvalue weighted by Gasteiger charge is -2.06. The van der Waals surface area contributed by atoms with Gasteiger partial charge in [0.1, 0.15) is 5.75 Å². The second-order valence-corrected chi connectivity index (χ2v) is 7.81. The Bertz CT molecular complexity index is 974. The molecular weight excluding hydrogens is 421 g/mol. The van der Waals surface area contributed by atoms with Crippen LogP contribution in [0.1, 0.15) is 17.0 Å². The van der Waals surface area contributed by atoms with Gasteiger partial charge in [0, 0.05) is 5.02 Å². The van der Waals surface area contributed by atoms with Gasteiger partial charge in [-0.15, -0.1) is 10.2 Å². The first-order valence-corrected chi connectivity index (χ1v) is 10.0. The van der Waals surface area contributed by atoms with Crippen molar-refractivity contribution in [2.75, 3.05) is 11.1 Å². The minimum Gasteiger partial charge on any atom is -0.484 e. The maximum Gasteiger partial charge on any atom is 0.277 e. The Morgan fingerprint density at radius 1 is 1.14 bits per heavy atom. The van der Waals surface area contributed by atoms with Crippen molar-refractivity contribution in [3.05, 3.63) is 63.5 Å². The predicted molar refractivity (Wildman–Crippen MR) is 110 cm³/mol. The molecule has 9 heteroatoms. The van der Waals surface area contributed by atoms with Crippen molar-refractivity contribution in [1.29, 1.82) is 0 Å². The van der Waals surface area contributed by atoms with Crippen molar-refractivity contribution in [3.8, 4) is 5.75 Å². The fraction of sp³-hybridized carbons (Fsp3) is 0.211. The lowest BCUT2D eigenvalue weighted by atomic mass is 10.1. The smallest absolute Gasteiger partial charge is 0.277 e. The normalized spacial score (nSPS) is 10.7. The van der Waals surface area contributed by atoms with Crippen molar-refractivity contribution in [2.45, 2.75) is 25.7 Å². The number of aryl methyl sites for hydroxylation is 2. The number of thioether (sulfide) groups is 1. The molecule has 0 fully saturated rings. The first-order valence-electron chi connectivity index (χ1n) is 8.30. The van der Waals surface area contributed by atoms with Crippen LogP contribution < -0.4 is 10.1 Å². The number of hydrogen-bond donors (Lipinski definition) is 1. The zero-order valence-corrected chi connectivity index (χ0v) is 17.5. The summed E-state index contributed by atoms with van der Waals surface area (Å²) in [5.74, 6) is 0.922. The average molecular weight is 438 g/mol. The lowest BCUT2D eigenvalue weighted by Crippen LogP contribution is -2.14. The van der Waals surface area contributed by atoms with Gasteiger partial charge in [0.15, 0.2) is 6.61 Å². The number of carbonyl (C=O) groups excluding carboxylic acids is 1. The van der Waals surface area contributed by atoms with Crippen LogP contribution in [0, 0.1) is 13.8 Å². The van der Waals surface area contributed by atoms with E-state index in [4.69, 9.17) is 32.4 Å². The van der Waals surface area contributed by atoms with E-state index in [1.165, 1.54) is 0 Å². The number of aromatic nitrogens is 2. The van der Waals surface area contributed by atoms with E-state index in [1.807, 2.05) is 26.0 Å². The molecule has 28 heavy (non-hydrogen) atoms. The highest BCUT2D eigenvalue weighted by Crippen LogP contribution is 2.26. The Labute approximate surface area is 176 Å². The van der Waals surface area contributed by atoms with Crippen molar-refractivity contribution in [1.82, 2.24) is 10.2 Å². The third-order valence-corrected chi connectivity index (χ3v) is 4.90. The van der Waals surface area contributed by atoms with Crippen LogP contribution in [0.25, 0.3) is 0 Å². The molecule has 0 unspecified atom stereocenters. The number of amides is 1. The largest absolute Gasteiger partial charge is 0.484 e. The zero-order valence-electron chi connectivity index (χ0n) is 15.2. The summed E-state index contributed by atoms with van der Waals surface area (Å²) in [7, 11) is 0. The molecule has 2 aromatic carbocycles. The second-order valence-electron chi connectivity index (χ2n) is 6.03. The van der Waals surface area contributed by atoms with Gasteiger partial charge in [-0.25, -0.2) is 0 Å². The molecule has 0 bridgehead atoms. The molecule has 1 heterocycles. The highest BCUT2D eigenvalue weighted by Gasteiger charge is 2.12. The summed E-state index contributed by atoms with van der Waals surface area (Å²) in [4.78, 5) is 12.1. The van der Waals surface area contributed by atoms with Gasteiger partial charge in [0.2, 0.25) is 5.91 Å². The summed E-state index contributed by atoms with van der Waals surface area (Å²) >= 11 is 13.0. The first-order chi connectivity index (χ1) is 13.4. The van der Waals surface area contributed by atoms with Gasteiger partial charge in [-0.2, -0.15) is 0 Å². The molecule has 3 rings (SSSR count).